The number of methoxy groups -OCH3 is 4. The van der Waals surface area contributed by atoms with Gasteiger partial charge in [-0.1, -0.05) is 48.6 Å². The van der Waals surface area contributed by atoms with E-state index >= 15 is 0 Å². The summed E-state index contributed by atoms with van der Waals surface area (Å²) in [7, 11) is 6.55. The molecule has 0 heterocycles. The van der Waals surface area contributed by atoms with Crippen molar-refractivity contribution < 1.29 is 18.9 Å². The Labute approximate surface area is 165 Å². The molecule has 0 bridgehead atoms. The lowest BCUT2D eigenvalue weighted by atomic mass is 9.98. The van der Waals surface area contributed by atoms with Crippen molar-refractivity contribution in [1.29, 1.82) is 0 Å². The van der Waals surface area contributed by atoms with Crippen LogP contribution >= 0.6 is 0 Å². The van der Waals surface area contributed by atoms with E-state index in [1.807, 2.05) is 48.5 Å². The molecule has 3 rings (SSSR count). The Hall–Kier alpha value is -3.40. The Kier molecular flexibility index (Phi) is 6.22. The first-order valence-corrected chi connectivity index (χ1v) is 8.91. The number of rotatable bonds is 7. The lowest BCUT2D eigenvalue weighted by molar-refractivity contribution is 0.355. The fourth-order valence-electron chi connectivity index (χ4n) is 3.05. The van der Waals surface area contributed by atoms with Gasteiger partial charge in [0.15, 0.2) is 23.0 Å². The van der Waals surface area contributed by atoms with E-state index in [9.17, 15) is 0 Å². The summed E-state index contributed by atoms with van der Waals surface area (Å²) in [4.78, 5) is 0. The van der Waals surface area contributed by atoms with Crippen LogP contribution in [0.15, 0.2) is 60.7 Å². The highest BCUT2D eigenvalue weighted by atomic mass is 16.5. The summed E-state index contributed by atoms with van der Waals surface area (Å²) in [6.07, 6.45) is 4.15. The van der Waals surface area contributed by atoms with Gasteiger partial charge in [0.25, 0.3) is 0 Å². The minimum Gasteiger partial charge on any atom is -0.493 e. The summed E-state index contributed by atoms with van der Waals surface area (Å²) in [5, 5.41) is 0. The number of ether oxygens (including phenoxy) is 4. The normalized spacial score (nSPS) is 10.7. The maximum atomic E-state index is 5.45. The van der Waals surface area contributed by atoms with Crippen LogP contribution in [-0.2, 0) is 0 Å². The molecule has 0 radical (unpaired) electrons. The van der Waals surface area contributed by atoms with Crippen LogP contribution in [0.3, 0.4) is 0 Å². The van der Waals surface area contributed by atoms with E-state index in [-0.39, 0.29) is 0 Å². The third kappa shape index (κ3) is 4.12. The van der Waals surface area contributed by atoms with E-state index in [0.29, 0.717) is 23.0 Å². The van der Waals surface area contributed by atoms with Gasteiger partial charge >= 0.3 is 0 Å². The summed E-state index contributed by atoms with van der Waals surface area (Å²) in [5.41, 5.74) is 4.30. The maximum Gasteiger partial charge on any atom is 0.161 e. The smallest absolute Gasteiger partial charge is 0.161 e. The van der Waals surface area contributed by atoms with Gasteiger partial charge in [-0.15, -0.1) is 0 Å². The first kappa shape index (κ1) is 19.4. The van der Waals surface area contributed by atoms with Crippen molar-refractivity contribution in [1.82, 2.24) is 0 Å². The zero-order valence-corrected chi connectivity index (χ0v) is 16.6. The molecule has 0 aromatic heterocycles. The Morgan fingerprint density at radius 1 is 0.571 bits per heavy atom. The summed E-state index contributed by atoms with van der Waals surface area (Å²) in [5.74, 6) is 2.84. The van der Waals surface area contributed by atoms with Crippen molar-refractivity contribution in [3.63, 3.8) is 0 Å². The molecule has 3 aromatic carbocycles. The number of hydrogen-bond donors (Lipinski definition) is 0. The van der Waals surface area contributed by atoms with Gasteiger partial charge in [0.2, 0.25) is 0 Å². The van der Waals surface area contributed by atoms with Crippen molar-refractivity contribution in [2.45, 2.75) is 0 Å². The molecule has 4 nitrogen and oxygen atoms in total. The van der Waals surface area contributed by atoms with Gasteiger partial charge in [0.05, 0.1) is 28.4 Å². The Morgan fingerprint density at radius 2 is 1.18 bits per heavy atom. The van der Waals surface area contributed by atoms with Crippen LogP contribution in [0.25, 0.3) is 23.3 Å². The zero-order chi connectivity index (χ0) is 19.9. The second-order valence-electron chi connectivity index (χ2n) is 6.10. The molecule has 28 heavy (non-hydrogen) atoms. The summed E-state index contributed by atoms with van der Waals surface area (Å²) < 4.78 is 21.5. The standard InChI is InChI=1S/C24H24O4/c1-25-21-13-10-17(15-23(21)27-3)9-11-18-7-5-6-8-20(18)19-12-14-22(26-2)24(16-19)28-4/h5-16H,1-4H3/b11-9+. The van der Waals surface area contributed by atoms with Crippen molar-refractivity contribution >= 4 is 12.2 Å². The average Bonchev–Trinajstić information content (AvgIpc) is 2.77. The van der Waals surface area contributed by atoms with E-state index in [1.165, 1.54) is 0 Å². The highest BCUT2D eigenvalue weighted by Gasteiger charge is 2.08. The molecular formula is C24H24O4. The van der Waals surface area contributed by atoms with Crippen LogP contribution < -0.4 is 18.9 Å². The van der Waals surface area contributed by atoms with Crippen molar-refractivity contribution in [2.75, 3.05) is 28.4 Å². The summed E-state index contributed by atoms with van der Waals surface area (Å²) in [6, 6.07) is 20.0. The molecule has 0 saturated heterocycles. The van der Waals surface area contributed by atoms with Gasteiger partial charge in [0, 0.05) is 0 Å². The molecule has 0 aliphatic rings. The van der Waals surface area contributed by atoms with Crippen LogP contribution in [0.4, 0.5) is 0 Å². The molecule has 0 atom stereocenters. The molecule has 0 aliphatic heterocycles. The van der Waals surface area contributed by atoms with Crippen LogP contribution in [0, 0.1) is 0 Å². The van der Waals surface area contributed by atoms with E-state index in [0.717, 1.165) is 22.3 Å². The van der Waals surface area contributed by atoms with E-state index in [4.69, 9.17) is 18.9 Å². The minimum absolute atomic E-state index is 0.706. The Balaban J connectivity index is 1.96. The third-order valence-corrected chi connectivity index (χ3v) is 4.52. The predicted octanol–water partition coefficient (Wildman–Crippen LogP) is 5.56. The first-order valence-electron chi connectivity index (χ1n) is 8.91. The fourth-order valence-corrected chi connectivity index (χ4v) is 3.05. The molecule has 3 aromatic rings. The van der Waals surface area contributed by atoms with Crippen molar-refractivity contribution in [2.24, 2.45) is 0 Å². The second-order valence-corrected chi connectivity index (χ2v) is 6.10. The maximum absolute atomic E-state index is 5.45. The SMILES string of the molecule is COc1ccc(/C=C/c2ccccc2-c2ccc(OC)c(OC)c2)cc1OC. The predicted molar refractivity (Wildman–Crippen MR) is 113 cm³/mol. The van der Waals surface area contributed by atoms with Gasteiger partial charge in [-0.2, -0.15) is 0 Å². The van der Waals surface area contributed by atoms with Gasteiger partial charge in [0.1, 0.15) is 0 Å². The molecule has 144 valence electrons. The highest BCUT2D eigenvalue weighted by Crippen LogP contribution is 2.34. The molecule has 0 amide bonds. The molecule has 4 heteroatoms. The van der Waals surface area contributed by atoms with Gasteiger partial charge in [-0.25, -0.2) is 0 Å². The molecule has 0 unspecified atom stereocenters. The van der Waals surface area contributed by atoms with E-state index in [1.54, 1.807) is 28.4 Å². The van der Waals surface area contributed by atoms with E-state index < -0.39 is 0 Å². The fraction of sp³-hybridized carbons (Fsp3) is 0.167. The van der Waals surface area contributed by atoms with Gasteiger partial charge in [-0.3, -0.25) is 0 Å². The monoisotopic (exact) mass is 376 g/mol. The third-order valence-electron chi connectivity index (χ3n) is 4.52. The lowest BCUT2D eigenvalue weighted by Gasteiger charge is -2.11. The molecule has 0 fully saturated rings. The minimum atomic E-state index is 0.706. The van der Waals surface area contributed by atoms with Crippen LogP contribution in [0.1, 0.15) is 11.1 Å². The zero-order valence-electron chi connectivity index (χ0n) is 16.6. The molecule has 0 spiro atoms. The van der Waals surface area contributed by atoms with Crippen molar-refractivity contribution in [3.05, 3.63) is 71.8 Å². The molecule has 0 N–H and O–H groups in total. The molecule has 0 saturated carbocycles. The van der Waals surface area contributed by atoms with Gasteiger partial charge in [-0.05, 0) is 46.5 Å². The summed E-state index contributed by atoms with van der Waals surface area (Å²) >= 11 is 0. The van der Waals surface area contributed by atoms with Crippen LogP contribution in [-0.4, -0.2) is 28.4 Å². The second kappa shape index (κ2) is 9.00. The first-order chi connectivity index (χ1) is 13.7. The molecule has 0 aliphatic carbocycles. The van der Waals surface area contributed by atoms with Gasteiger partial charge < -0.3 is 18.9 Å². The Morgan fingerprint density at radius 3 is 1.86 bits per heavy atom. The number of hydrogen-bond acceptors (Lipinski definition) is 4. The van der Waals surface area contributed by atoms with Crippen LogP contribution in [0.5, 0.6) is 23.0 Å². The highest BCUT2D eigenvalue weighted by molar-refractivity contribution is 5.82. The molecular weight excluding hydrogens is 352 g/mol. The van der Waals surface area contributed by atoms with Crippen molar-refractivity contribution in [3.8, 4) is 34.1 Å². The number of benzene rings is 3. The average molecular weight is 376 g/mol. The van der Waals surface area contributed by atoms with E-state index in [2.05, 4.69) is 24.3 Å². The van der Waals surface area contributed by atoms with Crippen LogP contribution in [0.2, 0.25) is 0 Å². The largest absolute Gasteiger partial charge is 0.493 e. The topological polar surface area (TPSA) is 36.9 Å². The quantitative estimate of drug-likeness (QED) is 0.506. The Bertz CT molecular complexity index is 976. The lowest BCUT2D eigenvalue weighted by Crippen LogP contribution is -1.91. The summed E-state index contributed by atoms with van der Waals surface area (Å²) in [6.45, 7) is 0.